The molecule has 1 aromatic carbocycles. The number of aromatic amines is 1. The van der Waals surface area contributed by atoms with Gasteiger partial charge < -0.3 is 10.5 Å². The molecule has 0 saturated carbocycles. The van der Waals surface area contributed by atoms with Crippen molar-refractivity contribution < 1.29 is 17.9 Å². The Labute approximate surface area is 162 Å². The number of nitrogens with one attached hydrogen (secondary N) is 2. The number of carbonyl (C=O) groups excluding carboxylic acids is 1. The molecule has 0 bridgehead atoms. The van der Waals surface area contributed by atoms with Crippen molar-refractivity contribution in [3.8, 4) is 11.3 Å². The van der Waals surface area contributed by atoms with Crippen LogP contribution < -0.4 is 10.0 Å². The van der Waals surface area contributed by atoms with Gasteiger partial charge in [-0.2, -0.15) is 9.83 Å². The van der Waals surface area contributed by atoms with Crippen LogP contribution in [-0.2, 0) is 26.9 Å². The average Bonchev–Trinajstić information content (AvgIpc) is 3.14. The highest BCUT2D eigenvalue weighted by atomic mass is 32.2. The minimum Gasteiger partial charge on any atom is -0.619 e. The van der Waals surface area contributed by atoms with Gasteiger partial charge in [0, 0.05) is 30.2 Å². The third-order valence-electron chi connectivity index (χ3n) is 4.12. The predicted octanol–water partition coefficient (Wildman–Crippen LogP) is 1.33. The van der Waals surface area contributed by atoms with Crippen molar-refractivity contribution in [2.45, 2.75) is 18.7 Å². The highest BCUT2D eigenvalue weighted by molar-refractivity contribution is 7.90. The summed E-state index contributed by atoms with van der Waals surface area (Å²) in [6.07, 6.45) is 3.97. The number of amides is 1. The Balaban J connectivity index is 1.52. The first-order chi connectivity index (χ1) is 13.4. The normalized spacial score (nSPS) is 11.3. The van der Waals surface area contributed by atoms with Gasteiger partial charge in [-0.15, -0.1) is 0 Å². The SMILES string of the molecule is O=C(CCS(=O)(=O)Cc1ccc[n+]([O-])c1)NCc1cn[nH]c1-c1ccccc1. The topological polar surface area (TPSA) is 119 Å². The summed E-state index contributed by atoms with van der Waals surface area (Å²) >= 11 is 0. The quantitative estimate of drug-likeness (QED) is 0.437. The van der Waals surface area contributed by atoms with Crippen LogP contribution in [-0.4, -0.2) is 30.3 Å². The van der Waals surface area contributed by atoms with E-state index in [1.807, 2.05) is 30.3 Å². The van der Waals surface area contributed by atoms with E-state index < -0.39 is 9.84 Å². The number of rotatable bonds is 8. The highest BCUT2D eigenvalue weighted by Crippen LogP contribution is 2.20. The zero-order valence-corrected chi connectivity index (χ0v) is 15.9. The molecule has 2 aromatic heterocycles. The van der Waals surface area contributed by atoms with Gasteiger partial charge in [0.15, 0.2) is 22.2 Å². The standard InChI is InChI=1S/C19H20N4O4S/c24-18(8-10-28(26,27)14-15-5-4-9-23(25)13-15)20-11-17-12-21-22-19(17)16-6-2-1-3-7-16/h1-7,9,12-13H,8,10-11,14H2,(H,20,24)(H,21,22). The van der Waals surface area contributed by atoms with Gasteiger partial charge in [0.05, 0.1) is 23.4 Å². The Hall–Kier alpha value is -3.20. The van der Waals surface area contributed by atoms with Gasteiger partial charge >= 0.3 is 0 Å². The first kappa shape index (κ1) is 19.6. The third kappa shape index (κ3) is 5.40. The van der Waals surface area contributed by atoms with E-state index in [1.165, 1.54) is 18.5 Å². The molecular weight excluding hydrogens is 380 g/mol. The van der Waals surface area contributed by atoms with Crippen LogP contribution in [0.25, 0.3) is 11.3 Å². The van der Waals surface area contributed by atoms with Crippen molar-refractivity contribution in [3.63, 3.8) is 0 Å². The maximum atomic E-state index is 12.2. The van der Waals surface area contributed by atoms with E-state index in [2.05, 4.69) is 15.5 Å². The van der Waals surface area contributed by atoms with Crippen molar-refractivity contribution in [1.29, 1.82) is 0 Å². The molecule has 146 valence electrons. The van der Waals surface area contributed by atoms with Crippen molar-refractivity contribution in [3.05, 3.63) is 77.4 Å². The molecule has 28 heavy (non-hydrogen) atoms. The number of H-pyrrole nitrogens is 1. The second-order valence-electron chi connectivity index (χ2n) is 6.33. The molecule has 2 heterocycles. The Morgan fingerprint density at radius 3 is 2.71 bits per heavy atom. The van der Waals surface area contributed by atoms with E-state index >= 15 is 0 Å². The van der Waals surface area contributed by atoms with Crippen LogP contribution in [0.3, 0.4) is 0 Å². The van der Waals surface area contributed by atoms with Crippen LogP contribution in [0.4, 0.5) is 0 Å². The van der Waals surface area contributed by atoms with E-state index in [4.69, 9.17) is 0 Å². The summed E-state index contributed by atoms with van der Waals surface area (Å²) in [7, 11) is -3.50. The molecule has 3 aromatic rings. The lowest BCUT2D eigenvalue weighted by Gasteiger charge is -2.07. The molecule has 0 fully saturated rings. The van der Waals surface area contributed by atoms with Gasteiger partial charge in [-0.3, -0.25) is 9.89 Å². The Morgan fingerprint density at radius 2 is 1.96 bits per heavy atom. The largest absolute Gasteiger partial charge is 0.619 e. The summed E-state index contributed by atoms with van der Waals surface area (Å²) in [5, 5.41) is 20.9. The van der Waals surface area contributed by atoms with Gasteiger partial charge in [0.2, 0.25) is 5.91 Å². The van der Waals surface area contributed by atoms with Crippen LogP contribution >= 0.6 is 0 Å². The van der Waals surface area contributed by atoms with Crippen molar-refractivity contribution in [2.75, 3.05) is 5.75 Å². The van der Waals surface area contributed by atoms with E-state index in [0.29, 0.717) is 10.3 Å². The molecule has 0 radical (unpaired) electrons. The number of nitrogens with zero attached hydrogens (tertiary/aromatic N) is 2. The Morgan fingerprint density at radius 1 is 1.18 bits per heavy atom. The monoisotopic (exact) mass is 400 g/mol. The van der Waals surface area contributed by atoms with Crippen LogP contribution in [0, 0.1) is 5.21 Å². The van der Waals surface area contributed by atoms with Crippen molar-refractivity contribution in [2.24, 2.45) is 0 Å². The molecule has 2 N–H and O–H groups in total. The smallest absolute Gasteiger partial charge is 0.221 e. The Kier molecular flexibility index (Phi) is 6.05. The number of sulfone groups is 1. The first-order valence-corrected chi connectivity index (χ1v) is 10.5. The molecule has 0 spiro atoms. The van der Waals surface area contributed by atoms with E-state index in [-0.39, 0.29) is 30.4 Å². The summed E-state index contributed by atoms with van der Waals surface area (Å²) in [4.78, 5) is 12.1. The van der Waals surface area contributed by atoms with Gasteiger partial charge in [-0.25, -0.2) is 8.42 Å². The molecule has 0 aliphatic carbocycles. The van der Waals surface area contributed by atoms with Gasteiger partial charge in [0.25, 0.3) is 0 Å². The molecular formula is C19H20N4O4S. The summed E-state index contributed by atoms with van der Waals surface area (Å²) in [5.74, 6) is -0.928. The zero-order valence-electron chi connectivity index (χ0n) is 15.0. The fourth-order valence-corrected chi connectivity index (χ4v) is 4.06. The molecule has 8 nitrogen and oxygen atoms in total. The maximum Gasteiger partial charge on any atom is 0.221 e. The molecule has 0 unspecified atom stereocenters. The van der Waals surface area contributed by atoms with Gasteiger partial charge in [-0.05, 0) is 11.6 Å². The summed E-state index contributed by atoms with van der Waals surface area (Å²) in [6, 6.07) is 12.6. The van der Waals surface area contributed by atoms with Gasteiger partial charge in [0.1, 0.15) is 0 Å². The van der Waals surface area contributed by atoms with Crippen LogP contribution in [0.2, 0.25) is 0 Å². The van der Waals surface area contributed by atoms with Crippen LogP contribution in [0.15, 0.2) is 61.1 Å². The van der Waals surface area contributed by atoms with E-state index in [0.717, 1.165) is 16.8 Å². The number of hydrogen-bond donors (Lipinski definition) is 2. The number of benzene rings is 1. The molecule has 0 saturated heterocycles. The second kappa shape index (κ2) is 8.66. The lowest BCUT2D eigenvalue weighted by Crippen LogP contribution is -2.27. The maximum absolute atomic E-state index is 12.2. The summed E-state index contributed by atoms with van der Waals surface area (Å²) < 4.78 is 24.9. The van der Waals surface area contributed by atoms with E-state index in [9.17, 15) is 18.4 Å². The zero-order chi connectivity index (χ0) is 20.0. The van der Waals surface area contributed by atoms with E-state index in [1.54, 1.807) is 12.3 Å². The first-order valence-electron chi connectivity index (χ1n) is 8.65. The van der Waals surface area contributed by atoms with Crippen LogP contribution in [0.1, 0.15) is 17.5 Å². The fourth-order valence-electron chi connectivity index (χ4n) is 2.74. The lowest BCUT2D eigenvalue weighted by molar-refractivity contribution is -0.605. The highest BCUT2D eigenvalue weighted by Gasteiger charge is 2.16. The van der Waals surface area contributed by atoms with Crippen molar-refractivity contribution >= 4 is 15.7 Å². The third-order valence-corrected chi connectivity index (χ3v) is 5.72. The number of hydrogen-bond acceptors (Lipinski definition) is 5. The Bertz CT molecular complexity index is 1050. The minimum atomic E-state index is -3.50. The van der Waals surface area contributed by atoms with Crippen LogP contribution in [0.5, 0.6) is 0 Å². The van der Waals surface area contributed by atoms with Crippen molar-refractivity contribution in [1.82, 2.24) is 15.5 Å². The summed E-state index contributed by atoms with van der Waals surface area (Å²) in [6.45, 7) is 0.245. The minimum absolute atomic E-state index is 0.148. The molecule has 9 heteroatoms. The summed E-state index contributed by atoms with van der Waals surface area (Å²) in [5.41, 5.74) is 2.96. The molecule has 1 amide bonds. The number of carbonyl (C=O) groups is 1. The second-order valence-corrected chi connectivity index (χ2v) is 8.51. The lowest BCUT2D eigenvalue weighted by atomic mass is 10.1. The van der Waals surface area contributed by atoms with Gasteiger partial charge in [-0.1, -0.05) is 30.3 Å². The molecule has 0 aliphatic rings. The molecule has 0 aliphatic heterocycles. The number of aromatic nitrogens is 3. The predicted molar refractivity (Wildman–Crippen MR) is 103 cm³/mol. The molecule has 0 atom stereocenters. The molecule has 3 rings (SSSR count). The number of pyridine rings is 1. The fraction of sp³-hybridized carbons (Fsp3) is 0.211. The average molecular weight is 400 g/mol.